The third-order valence-corrected chi connectivity index (χ3v) is 9.04. The number of carbonyl (C=O) groups is 2. The first-order valence-electron chi connectivity index (χ1n) is 12.3. The Morgan fingerprint density at radius 1 is 1.06 bits per heavy atom. The molecule has 1 N–H and O–H groups in total. The average Bonchev–Trinajstić information content (AvgIpc) is 3.24. The van der Waals surface area contributed by atoms with Crippen LogP contribution in [0.1, 0.15) is 61.4 Å². The van der Waals surface area contributed by atoms with Crippen molar-refractivity contribution in [3.05, 3.63) is 64.7 Å². The number of benzene rings is 2. The topological polar surface area (TPSA) is 86.8 Å². The van der Waals surface area contributed by atoms with Gasteiger partial charge in [-0.05, 0) is 80.5 Å². The Kier molecular flexibility index (Phi) is 8.14. The minimum absolute atomic E-state index is 0.00897. The van der Waals surface area contributed by atoms with Crippen molar-refractivity contribution in [3.63, 3.8) is 0 Å². The molecule has 2 aromatic carbocycles. The number of rotatable bonds is 7. The second kappa shape index (κ2) is 11.1. The van der Waals surface area contributed by atoms with Crippen LogP contribution in [0, 0.1) is 0 Å². The Balaban J connectivity index is 1.61. The SMILES string of the molecule is CCC1CCCN1C(=O)c1ccc(CN([C@@H]2CCCCNC2=O)S(=O)(=O)c2ccc(Cl)cc2)cc1. The normalized spacial score (nSPS) is 21.1. The van der Waals surface area contributed by atoms with Crippen LogP contribution in [0.5, 0.6) is 0 Å². The molecule has 1 unspecified atom stereocenters. The van der Waals surface area contributed by atoms with Gasteiger partial charge in [-0.2, -0.15) is 4.31 Å². The molecule has 0 bridgehead atoms. The van der Waals surface area contributed by atoms with Crippen molar-refractivity contribution < 1.29 is 18.0 Å². The van der Waals surface area contributed by atoms with Crippen molar-refractivity contribution in [3.8, 4) is 0 Å². The maximum absolute atomic E-state index is 13.7. The molecule has 35 heavy (non-hydrogen) atoms. The van der Waals surface area contributed by atoms with Crippen LogP contribution in [0.3, 0.4) is 0 Å². The van der Waals surface area contributed by atoms with Crippen LogP contribution in [-0.2, 0) is 21.4 Å². The third kappa shape index (κ3) is 5.71. The summed E-state index contributed by atoms with van der Waals surface area (Å²) in [6, 6.07) is 12.5. The zero-order valence-electron chi connectivity index (χ0n) is 20.0. The van der Waals surface area contributed by atoms with Crippen molar-refractivity contribution in [1.29, 1.82) is 0 Å². The third-order valence-electron chi connectivity index (χ3n) is 6.92. The summed E-state index contributed by atoms with van der Waals surface area (Å²) in [5.41, 5.74) is 1.30. The van der Waals surface area contributed by atoms with Crippen LogP contribution in [0.2, 0.25) is 5.02 Å². The minimum atomic E-state index is -3.98. The lowest BCUT2D eigenvalue weighted by Crippen LogP contribution is -2.48. The molecule has 2 fully saturated rings. The van der Waals surface area contributed by atoms with Gasteiger partial charge < -0.3 is 10.2 Å². The van der Waals surface area contributed by atoms with E-state index in [1.165, 1.54) is 28.6 Å². The van der Waals surface area contributed by atoms with Gasteiger partial charge >= 0.3 is 0 Å². The molecule has 0 saturated carbocycles. The summed E-state index contributed by atoms with van der Waals surface area (Å²) >= 11 is 5.97. The number of likely N-dealkylation sites (tertiary alicyclic amines) is 1. The summed E-state index contributed by atoms with van der Waals surface area (Å²) in [6.45, 7) is 3.43. The average molecular weight is 518 g/mol. The number of amides is 2. The van der Waals surface area contributed by atoms with E-state index in [0.717, 1.165) is 38.6 Å². The molecule has 0 aliphatic carbocycles. The van der Waals surface area contributed by atoms with Crippen LogP contribution in [-0.4, -0.2) is 54.6 Å². The van der Waals surface area contributed by atoms with Gasteiger partial charge in [-0.3, -0.25) is 9.59 Å². The van der Waals surface area contributed by atoms with E-state index in [4.69, 9.17) is 11.6 Å². The van der Waals surface area contributed by atoms with Gasteiger partial charge in [-0.1, -0.05) is 30.7 Å². The van der Waals surface area contributed by atoms with Crippen molar-refractivity contribution in [1.82, 2.24) is 14.5 Å². The van der Waals surface area contributed by atoms with Gasteiger partial charge in [0.2, 0.25) is 15.9 Å². The van der Waals surface area contributed by atoms with Gasteiger partial charge in [0.1, 0.15) is 6.04 Å². The monoisotopic (exact) mass is 517 g/mol. The Bertz CT molecular complexity index is 1150. The van der Waals surface area contributed by atoms with Crippen LogP contribution < -0.4 is 5.32 Å². The molecule has 2 amide bonds. The van der Waals surface area contributed by atoms with E-state index < -0.39 is 16.1 Å². The maximum Gasteiger partial charge on any atom is 0.254 e. The van der Waals surface area contributed by atoms with Gasteiger partial charge in [0, 0.05) is 36.3 Å². The van der Waals surface area contributed by atoms with E-state index >= 15 is 0 Å². The Morgan fingerprint density at radius 3 is 2.46 bits per heavy atom. The molecule has 0 radical (unpaired) electrons. The Morgan fingerprint density at radius 2 is 1.77 bits per heavy atom. The molecule has 0 spiro atoms. The van der Waals surface area contributed by atoms with E-state index in [2.05, 4.69) is 12.2 Å². The van der Waals surface area contributed by atoms with Gasteiger partial charge in [-0.25, -0.2) is 8.42 Å². The molecule has 4 rings (SSSR count). The fourth-order valence-corrected chi connectivity index (χ4v) is 6.66. The Labute approximate surface area is 212 Å². The van der Waals surface area contributed by atoms with Gasteiger partial charge in [0.05, 0.1) is 4.90 Å². The summed E-state index contributed by atoms with van der Waals surface area (Å²) in [4.78, 5) is 27.9. The summed E-state index contributed by atoms with van der Waals surface area (Å²) < 4.78 is 28.6. The first-order chi connectivity index (χ1) is 16.8. The van der Waals surface area contributed by atoms with Crippen LogP contribution in [0.25, 0.3) is 0 Å². The lowest BCUT2D eigenvalue weighted by Gasteiger charge is -2.29. The van der Waals surface area contributed by atoms with E-state index in [-0.39, 0.29) is 29.3 Å². The highest BCUT2D eigenvalue weighted by molar-refractivity contribution is 7.89. The minimum Gasteiger partial charge on any atom is -0.355 e. The molecular weight excluding hydrogens is 486 g/mol. The van der Waals surface area contributed by atoms with Crippen molar-refractivity contribution in [2.45, 2.75) is 69.0 Å². The van der Waals surface area contributed by atoms with Gasteiger partial charge in [0.25, 0.3) is 5.91 Å². The molecule has 2 atom stereocenters. The van der Waals surface area contributed by atoms with Crippen molar-refractivity contribution >= 4 is 33.4 Å². The zero-order chi connectivity index (χ0) is 25.0. The largest absolute Gasteiger partial charge is 0.355 e. The van der Waals surface area contributed by atoms with Gasteiger partial charge in [0.15, 0.2) is 0 Å². The molecule has 2 aliphatic heterocycles. The highest BCUT2D eigenvalue weighted by Crippen LogP contribution is 2.27. The molecule has 2 aliphatic rings. The molecule has 188 valence electrons. The molecule has 2 aromatic rings. The van der Waals surface area contributed by atoms with Gasteiger partial charge in [-0.15, -0.1) is 0 Å². The number of hydrogen-bond donors (Lipinski definition) is 1. The second-order valence-corrected chi connectivity index (χ2v) is 11.5. The van der Waals surface area contributed by atoms with E-state index in [9.17, 15) is 18.0 Å². The maximum atomic E-state index is 13.7. The molecular formula is C26H32ClN3O4S. The number of sulfonamides is 1. The van der Waals surface area contributed by atoms with Crippen molar-refractivity contribution in [2.75, 3.05) is 13.1 Å². The van der Waals surface area contributed by atoms with Crippen LogP contribution >= 0.6 is 11.6 Å². The van der Waals surface area contributed by atoms with Crippen molar-refractivity contribution in [2.24, 2.45) is 0 Å². The number of nitrogens with zero attached hydrogens (tertiary/aromatic N) is 2. The second-order valence-electron chi connectivity index (χ2n) is 9.21. The van der Waals surface area contributed by atoms with E-state index in [1.54, 1.807) is 24.3 Å². The molecule has 9 heteroatoms. The highest BCUT2D eigenvalue weighted by atomic mass is 35.5. The smallest absolute Gasteiger partial charge is 0.254 e. The predicted octanol–water partition coefficient (Wildman–Crippen LogP) is 4.21. The molecule has 7 nitrogen and oxygen atoms in total. The number of carbonyl (C=O) groups excluding carboxylic acids is 2. The predicted molar refractivity (Wildman–Crippen MR) is 136 cm³/mol. The number of halogens is 1. The first kappa shape index (κ1) is 25.7. The number of hydrogen-bond acceptors (Lipinski definition) is 4. The lowest BCUT2D eigenvalue weighted by atomic mass is 10.1. The highest BCUT2D eigenvalue weighted by Gasteiger charge is 2.36. The molecule has 2 saturated heterocycles. The number of nitrogens with one attached hydrogen (secondary N) is 1. The van der Waals surface area contributed by atoms with E-state index in [1.807, 2.05) is 4.90 Å². The zero-order valence-corrected chi connectivity index (χ0v) is 21.5. The summed E-state index contributed by atoms with van der Waals surface area (Å²) in [5, 5.41) is 3.28. The quantitative estimate of drug-likeness (QED) is 0.596. The van der Waals surface area contributed by atoms with E-state index in [0.29, 0.717) is 29.1 Å². The fraction of sp³-hybridized carbons (Fsp3) is 0.462. The van der Waals surface area contributed by atoms with Crippen LogP contribution in [0.15, 0.2) is 53.4 Å². The fourth-order valence-electron chi connectivity index (χ4n) is 4.93. The first-order valence-corrected chi connectivity index (χ1v) is 14.1. The van der Waals surface area contributed by atoms with Crippen LogP contribution in [0.4, 0.5) is 0 Å². The Hall–Kier alpha value is -2.42. The lowest BCUT2D eigenvalue weighted by molar-refractivity contribution is -0.124. The standard InChI is InChI=1S/C26H32ClN3O4S/c1-2-22-6-5-17-29(22)26(32)20-10-8-19(9-11-20)18-30(24-7-3-4-16-28-25(24)31)35(33,34)23-14-12-21(27)13-15-23/h8-15,22,24H,2-7,16-18H2,1H3,(H,28,31)/t22?,24-/m1/s1. The molecule has 2 heterocycles. The summed E-state index contributed by atoms with van der Waals surface area (Å²) in [5.74, 6) is -0.277. The summed E-state index contributed by atoms with van der Waals surface area (Å²) in [6.07, 6.45) is 4.99. The molecule has 0 aromatic heterocycles. The summed E-state index contributed by atoms with van der Waals surface area (Å²) in [7, 11) is -3.98.